The first-order valence-electron chi connectivity index (χ1n) is 4.58. The van der Waals surface area contributed by atoms with Crippen LogP contribution in [0.4, 0.5) is 15.8 Å². The largest absolute Gasteiger partial charge is 0.399 e. The van der Waals surface area contributed by atoms with Crippen LogP contribution >= 0.6 is 0 Å². The number of nitrogen functional groups attached to an aromatic ring is 2. The quantitative estimate of drug-likeness (QED) is 0.698. The standard InChI is InChI=1S/C12H11FN2/c13-11-4-2-1-3-9(11)10-6-5-8(14)7-12(10)15/h1-7H,14-15H2. The highest BCUT2D eigenvalue weighted by atomic mass is 19.1. The van der Waals surface area contributed by atoms with Crippen LogP contribution in [0.15, 0.2) is 42.5 Å². The van der Waals surface area contributed by atoms with Gasteiger partial charge in [-0.05, 0) is 18.2 Å². The van der Waals surface area contributed by atoms with Gasteiger partial charge in [0.15, 0.2) is 0 Å². The summed E-state index contributed by atoms with van der Waals surface area (Å²) >= 11 is 0. The van der Waals surface area contributed by atoms with Crippen molar-refractivity contribution in [1.29, 1.82) is 0 Å². The summed E-state index contributed by atoms with van der Waals surface area (Å²) in [5.41, 5.74) is 13.6. The fraction of sp³-hybridized carbons (Fsp3) is 0. The third kappa shape index (κ3) is 1.76. The van der Waals surface area contributed by atoms with Crippen LogP contribution in [0.25, 0.3) is 11.1 Å². The lowest BCUT2D eigenvalue weighted by Crippen LogP contribution is -1.94. The van der Waals surface area contributed by atoms with Crippen LogP contribution in [0, 0.1) is 5.82 Å². The van der Waals surface area contributed by atoms with E-state index >= 15 is 0 Å². The van der Waals surface area contributed by atoms with E-state index in [-0.39, 0.29) is 5.82 Å². The molecule has 0 aliphatic carbocycles. The summed E-state index contributed by atoms with van der Waals surface area (Å²) < 4.78 is 13.5. The molecule has 3 heteroatoms. The van der Waals surface area contributed by atoms with Crippen LogP contribution in [0.5, 0.6) is 0 Å². The van der Waals surface area contributed by atoms with Gasteiger partial charge in [0, 0.05) is 22.5 Å². The van der Waals surface area contributed by atoms with Gasteiger partial charge >= 0.3 is 0 Å². The van der Waals surface area contributed by atoms with Crippen LogP contribution in [-0.2, 0) is 0 Å². The first-order valence-corrected chi connectivity index (χ1v) is 4.58. The second kappa shape index (κ2) is 3.61. The molecule has 2 nitrogen and oxygen atoms in total. The van der Waals surface area contributed by atoms with Crippen molar-refractivity contribution in [1.82, 2.24) is 0 Å². The fourth-order valence-electron chi connectivity index (χ4n) is 1.51. The average Bonchev–Trinajstić information content (AvgIpc) is 2.20. The van der Waals surface area contributed by atoms with Crippen molar-refractivity contribution in [2.24, 2.45) is 0 Å². The van der Waals surface area contributed by atoms with Crippen LogP contribution in [0.3, 0.4) is 0 Å². The molecule has 0 saturated carbocycles. The van der Waals surface area contributed by atoms with Gasteiger partial charge in [-0.15, -0.1) is 0 Å². The van der Waals surface area contributed by atoms with E-state index in [1.54, 1.807) is 36.4 Å². The number of hydrogen-bond acceptors (Lipinski definition) is 2. The first kappa shape index (κ1) is 9.52. The van der Waals surface area contributed by atoms with Gasteiger partial charge in [0.05, 0.1) is 0 Å². The van der Waals surface area contributed by atoms with Crippen molar-refractivity contribution in [3.05, 3.63) is 48.3 Å². The monoisotopic (exact) mass is 202 g/mol. The van der Waals surface area contributed by atoms with E-state index in [1.165, 1.54) is 6.07 Å². The highest BCUT2D eigenvalue weighted by Crippen LogP contribution is 2.29. The minimum absolute atomic E-state index is 0.283. The molecule has 15 heavy (non-hydrogen) atoms. The van der Waals surface area contributed by atoms with Crippen molar-refractivity contribution in [2.45, 2.75) is 0 Å². The molecule has 0 radical (unpaired) electrons. The highest BCUT2D eigenvalue weighted by molar-refractivity contribution is 5.78. The molecule has 0 fully saturated rings. The molecule has 2 aromatic carbocycles. The van der Waals surface area contributed by atoms with E-state index < -0.39 is 0 Å². The molecule has 76 valence electrons. The minimum atomic E-state index is -0.283. The third-order valence-corrected chi connectivity index (χ3v) is 2.24. The Bertz CT molecular complexity index is 495. The molecular weight excluding hydrogens is 191 g/mol. The topological polar surface area (TPSA) is 52.0 Å². The molecule has 0 heterocycles. The van der Waals surface area contributed by atoms with E-state index in [9.17, 15) is 4.39 Å². The number of nitrogens with two attached hydrogens (primary N) is 2. The van der Waals surface area contributed by atoms with Gasteiger partial charge < -0.3 is 11.5 Å². The number of benzene rings is 2. The maximum absolute atomic E-state index is 13.5. The number of anilines is 2. The lowest BCUT2D eigenvalue weighted by atomic mass is 10.0. The summed E-state index contributed by atoms with van der Waals surface area (Å²) in [7, 11) is 0. The molecule has 0 aliphatic heterocycles. The molecule has 0 spiro atoms. The molecule has 0 unspecified atom stereocenters. The molecule has 0 bridgehead atoms. The van der Waals surface area contributed by atoms with E-state index in [2.05, 4.69) is 0 Å². The molecule has 4 N–H and O–H groups in total. The first-order chi connectivity index (χ1) is 7.18. The van der Waals surface area contributed by atoms with Gasteiger partial charge in [0.25, 0.3) is 0 Å². The van der Waals surface area contributed by atoms with Gasteiger partial charge in [-0.3, -0.25) is 0 Å². The van der Waals surface area contributed by atoms with Crippen molar-refractivity contribution in [3.63, 3.8) is 0 Å². The van der Waals surface area contributed by atoms with E-state index in [4.69, 9.17) is 11.5 Å². The maximum Gasteiger partial charge on any atom is 0.131 e. The summed E-state index contributed by atoms with van der Waals surface area (Å²) in [5, 5.41) is 0. The lowest BCUT2D eigenvalue weighted by molar-refractivity contribution is 0.631. The summed E-state index contributed by atoms with van der Waals surface area (Å²) in [6.45, 7) is 0. The van der Waals surface area contributed by atoms with Gasteiger partial charge in [-0.2, -0.15) is 0 Å². The van der Waals surface area contributed by atoms with Gasteiger partial charge in [0.1, 0.15) is 5.82 Å². The molecule has 2 aromatic rings. The molecule has 0 saturated heterocycles. The Morgan fingerprint density at radius 2 is 1.60 bits per heavy atom. The number of halogens is 1. The lowest BCUT2D eigenvalue weighted by Gasteiger charge is -2.07. The Morgan fingerprint density at radius 3 is 2.27 bits per heavy atom. The van der Waals surface area contributed by atoms with Crippen LogP contribution in [-0.4, -0.2) is 0 Å². The zero-order valence-corrected chi connectivity index (χ0v) is 8.07. The van der Waals surface area contributed by atoms with Gasteiger partial charge in [-0.1, -0.05) is 24.3 Å². The SMILES string of the molecule is Nc1ccc(-c2ccccc2F)c(N)c1. The van der Waals surface area contributed by atoms with Crippen molar-refractivity contribution < 1.29 is 4.39 Å². The second-order valence-corrected chi connectivity index (χ2v) is 3.33. The highest BCUT2D eigenvalue weighted by Gasteiger charge is 2.06. The minimum Gasteiger partial charge on any atom is -0.399 e. The number of rotatable bonds is 1. The average molecular weight is 202 g/mol. The summed E-state index contributed by atoms with van der Waals surface area (Å²) in [5.74, 6) is -0.283. The predicted molar refractivity (Wildman–Crippen MR) is 60.7 cm³/mol. The van der Waals surface area contributed by atoms with Crippen molar-refractivity contribution >= 4 is 11.4 Å². The summed E-state index contributed by atoms with van der Waals surface area (Å²) in [6.07, 6.45) is 0. The molecule has 2 rings (SSSR count). The van der Waals surface area contributed by atoms with Crippen LogP contribution in [0.2, 0.25) is 0 Å². The summed E-state index contributed by atoms with van der Waals surface area (Å²) in [4.78, 5) is 0. The van der Waals surface area contributed by atoms with Crippen LogP contribution in [0.1, 0.15) is 0 Å². The molecule has 0 atom stereocenters. The Labute approximate surface area is 87.3 Å². The van der Waals surface area contributed by atoms with Gasteiger partial charge in [-0.25, -0.2) is 4.39 Å². The van der Waals surface area contributed by atoms with E-state index in [0.717, 1.165) is 0 Å². The fourth-order valence-corrected chi connectivity index (χ4v) is 1.51. The maximum atomic E-state index is 13.5. The molecule has 0 amide bonds. The smallest absolute Gasteiger partial charge is 0.131 e. The Morgan fingerprint density at radius 1 is 0.867 bits per heavy atom. The normalized spacial score (nSPS) is 10.2. The second-order valence-electron chi connectivity index (χ2n) is 3.33. The van der Waals surface area contributed by atoms with E-state index in [1.807, 2.05) is 0 Å². The van der Waals surface area contributed by atoms with Crippen molar-refractivity contribution in [3.8, 4) is 11.1 Å². The molecule has 0 aromatic heterocycles. The Hall–Kier alpha value is -2.03. The summed E-state index contributed by atoms with van der Waals surface area (Å²) in [6, 6.07) is 11.6. The number of hydrogen-bond donors (Lipinski definition) is 2. The third-order valence-electron chi connectivity index (χ3n) is 2.24. The van der Waals surface area contributed by atoms with E-state index in [0.29, 0.717) is 22.5 Å². The van der Waals surface area contributed by atoms with Crippen LogP contribution < -0.4 is 11.5 Å². The molecular formula is C12H11FN2. The zero-order chi connectivity index (χ0) is 10.8. The Kier molecular flexibility index (Phi) is 2.29. The Balaban J connectivity index is 2.60. The molecule has 0 aliphatic rings. The zero-order valence-electron chi connectivity index (χ0n) is 8.07. The predicted octanol–water partition coefficient (Wildman–Crippen LogP) is 2.66. The van der Waals surface area contributed by atoms with Crippen molar-refractivity contribution in [2.75, 3.05) is 11.5 Å². The van der Waals surface area contributed by atoms with Gasteiger partial charge in [0.2, 0.25) is 0 Å².